The number of amides is 2. The number of hydrogen-bond donors (Lipinski definition) is 4. The third-order valence-corrected chi connectivity index (χ3v) is 4.24. The second-order valence-electron chi connectivity index (χ2n) is 7.63. The lowest BCUT2D eigenvalue weighted by atomic mass is 10.1. The fourth-order valence-corrected chi connectivity index (χ4v) is 2.60. The molecule has 0 radical (unpaired) electrons. The van der Waals surface area contributed by atoms with Crippen molar-refractivity contribution in [1.29, 1.82) is 0 Å². The van der Waals surface area contributed by atoms with Crippen LogP contribution in [0, 0.1) is 16.0 Å². The number of Topliss-reactive ketones (excluding diaryl/α,β-unsaturated/α-hetero) is 1. The molecular formula is C19H36N6O5. The Kier molecular flexibility index (Phi) is 14.7. The molecule has 0 aromatic carbocycles. The molecule has 2 amide bonds. The maximum absolute atomic E-state index is 12.5. The van der Waals surface area contributed by atoms with E-state index in [1.165, 1.54) is 0 Å². The number of guanidine groups is 1. The summed E-state index contributed by atoms with van der Waals surface area (Å²) in [7, 11) is 0. The second kappa shape index (κ2) is 16.1. The quantitative estimate of drug-likeness (QED) is 0.0936. The Hall–Kier alpha value is -2.72. The van der Waals surface area contributed by atoms with Crippen molar-refractivity contribution in [3.63, 3.8) is 0 Å². The first-order chi connectivity index (χ1) is 14.1. The van der Waals surface area contributed by atoms with E-state index in [0.29, 0.717) is 38.1 Å². The third kappa shape index (κ3) is 16.3. The average molecular weight is 429 g/mol. The zero-order chi connectivity index (χ0) is 22.9. The van der Waals surface area contributed by atoms with E-state index < -0.39 is 11.1 Å². The van der Waals surface area contributed by atoms with Crippen LogP contribution in [0.15, 0.2) is 4.99 Å². The lowest BCUT2D eigenvalue weighted by molar-refractivity contribution is -0.525. The van der Waals surface area contributed by atoms with Gasteiger partial charge in [-0.15, -0.1) is 0 Å². The number of hydrogen-bond acceptors (Lipinski definition) is 6. The number of nitrogens with zero attached hydrogens (tertiary/aromatic N) is 2. The van der Waals surface area contributed by atoms with Gasteiger partial charge in [-0.2, -0.15) is 0 Å². The topological polar surface area (TPSA) is 169 Å². The number of carbonyl (C=O) groups is 3. The summed E-state index contributed by atoms with van der Waals surface area (Å²) in [6, 6.07) is -0.707. The van der Waals surface area contributed by atoms with Gasteiger partial charge in [0.15, 0.2) is 5.03 Å². The van der Waals surface area contributed by atoms with E-state index in [1.54, 1.807) is 12.3 Å². The minimum Gasteiger partial charge on any atom is -0.365 e. The minimum absolute atomic E-state index is 0.134. The Labute approximate surface area is 177 Å². The molecule has 0 spiro atoms. The zero-order valence-electron chi connectivity index (χ0n) is 18.2. The second-order valence-corrected chi connectivity index (χ2v) is 7.63. The summed E-state index contributed by atoms with van der Waals surface area (Å²) in [6.45, 7) is 6.35. The number of ketones is 1. The number of carbonyl (C=O) groups excluding carboxylic acids is 3. The molecule has 0 aliphatic carbocycles. The predicted molar refractivity (Wildman–Crippen MR) is 114 cm³/mol. The van der Waals surface area contributed by atoms with E-state index in [-0.39, 0.29) is 36.5 Å². The third-order valence-electron chi connectivity index (χ3n) is 4.24. The molecule has 0 aliphatic rings. The maximum atomic E-state index is 12.5. The van der Waals surface area contributed by atoms with Gasteiger partial charge in [-0.3, -0.25) is 9.59 Å². The highest BCUT2D eigenvalue weighted by molar-refractivity contribution is 5.87. The van der Waals surface area contributed by atoms with Gasteiger partial charge in [0.25, 0.3) is 5.96 Å². The molecule has 30 heavy (non-hydrogen) atoms. The van der Waals surface area contributed by atoms with Gasteiger partial charge in [-0.1, -0.05) is 25.7 Å². The van der Waals surface area contributed by atoms with Crippen LogP contribution in [0.3, 0.4) is 0 Å². The van der Waals surface area contributed by atoms with Crippen LogP contribution >= 0.6 is 0 Å². The fraction of sp³-hybridized carbons (Fsp3) is 0.789. The summed E-state index contributed by atoms with van der Waals surface area (Å²) in [6.07, 6.45) is 4.54. The van der Waals surface area contributed by atoms with Crippen LogP contribution in [0.25, 0.3) is 0 Å². The van der Waals surface area contributed by atoms with Crippen LogP contribution in [0.4, 0.5) is 0 Å². The van der Waals surface area contributed by atoms with E-state index in [4.69, 9.17) is 5.73 Å². The van der Waals surface area contributed by atoms with Crippen molar-refractivity contribution in [3.8, 4) is 0 Å². The molecule has 11 nitrogen and oxygen atoms in total. The predicted octanol–water partition coefficient (Wildman–Crippen LogP) is 1.05. The first-order valence-electron chi connectivity index (χ1n) is 10.4. The molecule has 0 fully saturated rings. The number of nitro groups is 1. The van der Waals surface area contributed by atoms with Crippen molar-refractivity contribution >= 4 is 23.6 Å². The van der Waals surface area contributed by atoms with Crippen LogP contribution in [0.1, 0.15) is 72.1 Å². The van der Waals surface area contributed by atoms with Gasteiger partial charge in [-0.05, 0) is 44.9 Å². The Morgan fingerprint density at radius 3 is 2.33 bits per heavy atom. The molecule has 1 atom stereocenters. The molecule has 0 bridgehead atoms. The highest BCUT2D eigenvalue weighted by Crippen LogP contribution is 2.06. The monoisotopic (exact) mass is 428 g/mol. The van der Waals surface area contributed by atoms with Crippen molar-refractivity contribution in [2.24, 2.45) is 16.6 Å². The molecule has 0 saturated heterocycles. The molecule has 5 N–H and O–H groups in total. The van der Waals surface area contributed by atoms with Gasteiger partial charge in [0.05, 0.1) is 0 Å². The Morgan fingerprint density at radius 1 is 1.07 bits per heavy atom. The van der Waals surface area contributed by atoms with E-state index in [0.717, 1.165) is 19.3 Å². The number of unbranched alkanes of at least 4 members (excludes halogenated alkanes) is 2. The van der Waals surface area contributed by atoms with Crippen molar-refractivity contribution < 1.29 is 19.4 Å². The molecule has 172 valence electrons. The molecule has 0 aromatic heterocycles. The van der Waals surface area contributed by atoms with Crippen LogP contribution in [-0.2, 0) is 14.4 Å². The lowest BCUT2D eigenvalue weighted by Gasteiger charge is -2.18. The van der Waals surface area contributed by atoms with Crippen molar-refractivity contribution in [1.82, 2.24) is 16.1 Å². The van der Waals surface area contributed by atoms with E-state index >= 15 is 0 Å². The molecule has 0 unspecified atom stereocenters. The molecule has 0 saturated carbocycles. The normalized spacial score (nSPS) is 12.3. The van der Waals surface area contributed by atoms with Gasteiger partial charge in [0, 0.05) is 25.9 Å². The summed E-state index contributed by atoms with van der Waals surface area (Å²) in [5.41, 5.74) is 7.10. The molecular weight excluding hydrogens is 392 g/mol. The summed E-state index contributed by atoms with van der Waals surface area (Å²) in [4.78, 5) is 49.7. The molecule has 0 rings (SSSR count). The SMILES string of the molecule is CC(=O)CCCCCC(=O)N[C@@H](CCCN=C(N)N[N+](=O)[O-])C(=O)NCCC(C)C. The number of nitrogens with two attached hydrogens (primary N) is 1. The van der Waals surface area contributed by atoms with Gasteiger partial charge < -0.3 is 21.2 Å². The van der Waals surface area contributed by atoms with Crippen molar-refractivity contribution in [2.75, 3.05) is 13.1 Å². The van der Waals surface area contributed by atoms with E-state index in [2.05, 4.69) is 29.5 Å². The largest absolute Gasteiger partial charge is 0.365 e. The Bertz CT molecular complexity index is 594. The number of aliphatic imine (C=N–C) groups is 1. The van der Waals surface area contributed by atoms with Crippen LogP contribution in [-0.4, -0.2) is 47.7 Å². The number of rotatable bonds is 16. The average Bonchev–Trinajstić information content (AvgIpc) is 2.62. The standard InChI is InChI=1S/C19H36N6O5/c1-14(2)11-13-21-18(28)16(9-7-12-22-19(20)24-25(29)30)23-17(27)10-6-4-5-8-15(3)26/h14,16H,4-13H2,1-3H3,(H,21,28)(H,23,27)(H3,20,22,24)/t16-/m0/s1. The summed E-state index contributed by atoms with van der Waals surface area (Å²) < 4.78 is 0. The van der Waals surface area contributed by atoms with Crippen molar-refractivity contribution in [3.05, 3.63) is 10.1 Å². The number of hydrazine groups is 1. The molecule has 0 aliphatic heterocycles. The zero-order valence-corrected chi connectivity index (χ0v) is 18.2. The van der Waals surface area contributed by atoms with Crippen molar-refractivity contribution in [2.45, 2.75) is 78.2 Å². The highest BCUT2D eigenvalue weighted by atomic mass is 16.7. The van der Waals surface area contributed by atoms with E-state index in [1.807, 2.05) is 0 Å². The summed E-state index contributed by atoms with van der Waals surface area (Å²) in [5.74, 6) is -0.220. The maximum Gasteiger partial charge on any atom is 0.251 e. The van der Waals surface area contributed by atoms with Crippen LogP contribution < -0.4 is 21.8 Å². The Morgan fingerprint density at radius 2 is 1.73 bits per heavy atom. The van der Waals surface area contributed by atoms with Crippen LogP contribution in [0.2, 0.25) is 0 Å². The number of nitrogens with one attached hydrogen (secondary N) is 3. The minimum atomic E-state index is -0.805. The molecule has 0 aromatic rings. The first kappa shape index (κ1) is 27.3. The Balaban J connectivity index is 4.55. The van der Waals surface area contributed by atoms with Crippen LogP contribution in [0.5, 0.6) is 0 Å². The summed E-state index contributed by atoms with van der Waals surface area (Å²) >= 11 is 0. The van der Waals surface area contributed by atoms with Gasteiger partial charge in [-0.25, -0.2) is 15.1 Å². The first-order valence-corrected chi connectivity index (χ1v) is 10.4. The van der Waals surface area contributed by atoms with Gasteiger partial charge in [0.2, 0.25) is 11.8 Å². The molecule has 11 heteroatoms. The summed E-state index contributed by atoms with van der Waals surface area (Å²) in [5, 5.41) is 15.1. The smallest absolute Gasteiger partial charge is 0.251 e. The lowest BCUT2D eigenvalue weighted by Crippen LogP contribution is -2.47. The van der Waals surface area contributed by atoms with Gasteiger partial charge >= 0.3 is 0 Å². The van der Waals surface area contributed by atoms with E-state index in [9.17, 15) is 24.5 Å². The highest BCUT2D eigenvalue weighted by Gasteiger charge is 2.20. The fourth-order valence-electron chi connectivity index (χ4n) is 2.60. The molecule has 0 heterocycles. The van der Waals surface area contributed by atoms with Gasteiger partial charge in [0.1, 0.15) is 11.8 Å².